The van der Waals surface area contributed by atoms with Gasteiger partial charge in [0.05, 0.1) is 18.2 Å². The highest BCUT2D eigenvalue weighted by molar-refractivity contribution is 8.01. The molecule has 2 aromatic rings. The smallest absolute Gasteiger partial charge is 0.431 e. The van der Waals surface area contributed by atoms with E-state index in [4.69, 9.17) is 11.6 Å². The summed E-state index contributed by atoms with van der Waals surface area (Å²) in [6.07, 6.45) is -3.43. The van der Waals surface area contributed by atoms with Crippen molar-refractivity contribution in [2.45, 2.75) is 29.7 Å². The summed E-state index contributed by atoms with van der Waals surface area (Å²) in [5.41, 5.74) is -0.882. The van der Waals surface area contributed by atoms with Crippen LogP contribution in [-0.2, 0) is 15.7 Å². The standard InChI is InChI=1S/C13H12ClF3N2O2S/c1-12(2,11(20)21-3)22-7-4-5-8(13(15,16)17)19-9(14)6-18-10(7)19/h4-6H,1-3H3. The largest absolute Gasteiger partial charge is 0.468 e. The Bertz CT molecular complexity index is 728. The molecule has 0 aliphatic carbocycles. The normalized spacial score (nSPS) is 12.7. The second-order valence-electron chi connectivity index (χ2n) is 4.92. The highest BCUT2D eigenvalue weighted by Gasteiger charge is 2.36. The number of aromatic nitrogens is 2. The number of esters is 1. The van der Waals surface area contributed by atoms with Crippen molar-refractivity contribution < 1.29 is 22.7 Å². The van der Waals surface area contributed by atoms with Gasteiger partial charge in [0.1, 0.15) is 15.6 Å². The number of hydrogen-bond acceptors (Lipinski definition) is 4. The van der Waals surface area contributed by atoms with Crippen LogP contribution in [0.1, 0.15) is 19.5 Å². The summed E-state index contributed by atoms with van der Waals surface area (Å²) in [5.74, 6) is -0.492. The third kappa shape index (κ3) is 3.03. The fourth-order valence-electron chi connectivity index (χ4n) is 1.90. The van der Waals surface area contributed by atoms with Crippen LogP contribution in [0.5, 0.6) is 0 Å². The Kier molecular flexibility index (Phi) is 4.36. The van der Waals surface area contributed by atoms with Crippen molar-refractivity contribution in [2.75, 3.05) is 7.11 Å². The zero-order valence-corrected chi connectivity index (χ0v) is 13.4. The fourth-order valence-corrected chi connectivity index (χ4v) is 3.21. The van der Waals surface area contributed by atoms with Crippen molar-refractivity contribution in [3.8, 4) is 0 Å². The van der Waals surface area contributed by atoms with Crippen LogP contribution in [0, 0.1) is 0 Å². The molecule has 0 radical (unpaired) electrons. The molecule has 0 atom stereocenters. The molecular weight excluding hydrogens is 341 g/mol. The predicted molar refractivity (Wildman–Crippen MR) is 77.2 cm³/mol. The number of ether oxygens (including phenoxy) is 1. The van der Waals surface area contributed by atoms with Crippen molar-refractivity contribution in [1.29, 1.82) is 0 Å². The van der Waals surface area contributed by atoms with Crippen LogP contribution < -0.4 is 0 Å². The number of halogens is 4. The van der Waals surface area contributed by atoms with Gasteiger partial charge < -0.3 is 4.74 Å². The average molecular weight is 353 g/mol. The Hall–Kier alpha value is -1.41. The summed E-state index contributed by atoms with van der Waals surface area (Å²) < 4.78 is 43.6. The molecule has 0 aliphatic rings. The lowest BCUT2D eigenvalue weighted by atomic mass is 10.2. The molecular formula is C13H12ClF3N2O2S. The Morgan fingerprint density at radius 3 is 2.55 bits per heavy atom. The number of pyridine rings is 1. The second-order valence-corrected chi connectivity index (χ2v) is 6.98. The van der Waals surface area contributed by atoms with E-state index in [0.29, 0.717) is 4.90 Å². The lowest BCUT2D eigenvalue weighted by molar-refractivity contribution is -0.143. The van der Waals surface area contributed by atoms with Crippen LogP contribution in [0.2, 0.25) is 5.15 Å². The first-order chi connectivity index (χ1) is 10.1. The maximum atomic E-state index is 13.0. The molecule has 0 saturated carbocycles. The Morgan fingerprint density at radius 1 is 1.36 bits per heavy atom. The topological polar surface area (TPSA) is 43.6 Å². The molecule has 0 aliphatic heterocycles. The van der Waals surface area contributed by atoms with E-state index in [1.54, 1.807) is 13.8 Å². The molecule has 0 aromatic carbocycles. The molecule has 0 fully saturated rings. The van der Waals surface area contributed by atoms with E-state index >= 15 is 0 Å². The van der Waals surface area contributed by atoms with E-state index in [1.807, 2.05) is 0 Å². The third-order valence-corrected chi connectivity index (χ3v) is 4.39. The highest BCUT2D eigenvalue weighted by atomic mass is 35.5. The van der Waals surface area contributed by atoms with E-state index in [9.17, 15) is 18.0 Å². The molecule has 120 valence electrons. The number of carbonyl (C=O) groups is 1. The number of hydrogen-bond donors (Lipinski definition) is 0. The second kappa shape index (κ2) is 5.66. The number of carbonyl (C=O) groups excluding carboxylic acids is 1. The summed E-state index contributed by atoms with van der Waals surface area (Å²) in [5, 5.41) is -0.152. The van der Waals surface area contributed by atoms with Crippen LogP contribution in [0.25, 0.3) is 5.65 Å². The summed E-state index contributed by atoms with van der Waals surface area (Å²) >= 11 is 6.87. The third-order valence-electron chi connectivity index (χ3n) is 2.91. The Morgan fingerprint density at radius 2 is 2.00 bits per heavy atom. The van der Waals surface area contributed by atoms with Gasteiger partial charge in [0.2, 0.25) is 0 Å². The van der Waals surface area contributed by atoms with Crippen LogP contribution in [0.3, 0.4) is 0 Å². The number of nitrogens with zero attached hydrogens (tertiary/aromatic N) is 2. The lowest BCUT2D eigenvalue weighted by Gasteiger charge is -2.21. The van der Waals surface area contributed by atoms with Gasteiger partial charge in [-0.1, -0.05) is 11.6 Å². The fraction of sp³-hybridized carbons (Fsp3) is 0.385. The number of thioether (sulfide) groups is 1. The molecule has 2 aromatic heterocycles. The van der Waals surface area contributed by atoms with Gasteiger partial charge in [0.15, 0.2) is 5.65 Å². The minimum atomic E-state index is -4.57. The molecule has 0 amide bonds. The van der Waals surface area contributed by atoms with Crippen molar-refractivity contribution >= 4 is 35.0 Å². The highest BCUT2D eigenvalue weighted by Crippen LogP contribution is 2.39. The van der Waals surface area contributed by atoms with E-state index < -0.39 is 22.6 Å². The zero-order chi connectivity index (χ0) is 16.7. The number of alkyl halides is 3. The van der Waals surface area contributed by atoms with Crippen molar-refractivity contribution in [1.82, 2.24) is 9.38 Å². The lowest BCUT2D eigenvalue weighted by Crippen LogP contribution is -2.29. The van der Waals surface area contributed by atoms with E-state index in [-0.39, 0.29) is 10.8 Å². The molecule has 0 spiro atoms. The van der Waals surface area contributed by atoms with Crippen LogP contribution in [0.15, 0.2) is 23.2 Å². The first kappa shape index (κ1) is 17.0. The first-order valence-corrected chi connectivity index (χ1v) is 7.28. The molecule has 0 bridgehead atoms. The molecule has 4 nitrogen and oxygen atoms in total. The maximum Gasteiger partial charge on any atom is 0.431 e. The van der Waals surface area contributed by atoms with Crippen molar-refractivity contribution in [3.05, 3.63) is 29.2 Å². The van der Waals surface area contributed by atoms with Crippen molar-refractivity contribution in [2.24, 2.45) is 0 Å². The summed E-state index contributed by atoms with van der Waals surface area (Å²) in [6.45, 7) is 3.23. The summed E-state index contributed by atoms with van der Waals surface area (Å²) in [6, 6.07) is 2.19. The van der Waals surface area contributed by atoms with Gasteiger partial charge in [0, 0.05) is 0 Å². The quantitative estimate of drug-likeness (QED) is 0.617. The number of rotatable bonds is 3. The molecule has 2 rings (SSSR count). The number of imidazole rings is 1. The molecule has 0 N–H and O–H groups in total. The number of fused-ring (bicyclic) bond motifs is 1. The SMILES string of the molecule is COC(=O)C(C)(C)Sc1ccc(C(F)(F)F)n2c(Cl)cnc12. The number of methoxy groups -OCH3 is 1. The molecule has 2 heterocycles. The van der Waals surface area contributed by atoms with Gasteiger partial charge in [-0.15, -0.1) is 11.8 Å². The van der Waals surface area contributed by atoms with Crippen molar-refractivity contribution in [3.63, 3.8) is 0 Å². The van der Waals surface area contributed by atoms with E-state index in [2.05, 4.69) is 9.72 Å². The van der Waals surface area contributed by atoms with E-state index in [1.165, 1.54) is 13.2 Å². The van der Waals surface area contributed by atoms with Crippen LogP contribution >= 0.6 is 23.4 Å². The van der Waals surface area contributed by atoms with Gasteiger partial charge in [-0.3, -0.25) is 9.20 Å². The summed E-state index contributed by atoms with van der Waals surface area (Å²) in [7, 11) is 1.25. The van der Waals surface area contributed by atoms with Gasteiger partial charge in [-0.2, -0.15) is 13.2 Å². The molecule has 0 unspecified atom stereocenters. The van der Waals surface area contributed by atoms with Gasteiger partial charge >= 0.3 is 12.1 Å². The maximum absolute atomic E-state index is 13.0. The Labute approximate surface area is 133 Å². The first-order valence-electron chi connectivity index (χ1n) is 6.08. The molecule has 0 saturated heterocycles. The minimum Gasteiger partial charge on any atom is -0.468 e. The summed E-state index contributed by atoms with van der Waals surface area (Å²) in [4.78, 5) is 16.0. The van der Waals surface area contributed by atoms with Crippen LogP contribution in [-0.4, -0.2) is 27.2 Å². The van der Waals surface area contributed by atoms with Gasteiger partial charge in [-0.25, -0.2) is 4.98 Å². The average Bonchev–Trinajstić information content (AvgIpc) is 2.79. The van der Waals surface area contributed by atoms with Crippen LogP contribution in [0.4, 0.5) is 13.2 Å². The van der Waals surface area contributed by atoms with Gasteiger partial charge in [-0.05, 0) is 26.0 Å². The molecule has 9 heteroatoms. The molecule has 22 heavy (non-hydrogen) atoms. The Balaban J connectivity index is 2.57. The van der Waals surface area contributed by atoms with E-state index in [0.717, 1.165) is 28.4 Å². The van der Waals surface area contributed by atoms with Gasteiger partial charge in [0.25, 0.3) is 0 Å². The monoisotopic (exact) mass is 352 g/mol. The zero-order valence-electron chi connectivity index (χ0n) is 11.9. The predicted octanol–water partition coefficient (Wildman–Crippen LogP) is 4.05. The minimum absolute atomic E-state index is 0.0433.